The van der Waals surface area contributed by atoms with Gasteiger partial charge in [-0.05, 0) is 44.6 Å². The lowest BCUT2D eigenvalue weighted by Gasteiger charge is -2.26. The standard InChI is InChI=1S/C21H29ClN4O2/c22-18-12-16(21(28)25-9-4-1-5-10-25)13-23-19(18)24-17-8-11-26(14-17)20(27)15-6-2-3-7-15/h12-13,15,17H,1-11,14H2,(H,23,24). The van der Waals surface area contributed by atoms with Gasteiger partial charge in [0.2, 0.25) is 5.91 Å². The number of anilines is 1. The third kappa shape index (κ3) is 4.27. The van der Waals surface area contributed by atoms with Crippen molar-refractivity contribution in [3.63, 3.8) is 0 Å². The van der Waals surface area contributed by atoms with Crippen LogP contribution in [-0.4, -0.2) is 58.8 Å². The minimum atomic E-state index is 0.00912. The lowest BCUT2D eigenvalue weighted by atomic mass is 10.1. The molecule has 2 saturated heterocycles. The number of likely N-dealkylation sites (tertiary alicyclic amines) is 2. The first-order valence-corrected chi connectivity index (χ1v) is 11.0. The lowest BCUT2D eigenvalue weighted by Crippen LogP contribution is -2.36. The Morgan fingerprint density at radius 3 is 2.46 bits per heavy atom. The Balaban J connectivity index is 1.35. The molecule has 2 aliphatic heterocycles. The van der Waals surface area contributed by atoms with E-state index in [0.717, 1.165) is 51.7 Å². The number of piperidine rings is 1. The first-order valence-electron chi connectivity index (χ1n) is 10.6. The van der Waals surface area contributed by atoms with Crippen LogP contribution in [0.15, 0.2) is 12.3 Å². The molecule has 1 atom stereocenters. The van der Waals surface area contributed by atoms with E-state index in [1.54, 1.807) is 12.3 Å². The van der Waals surface area contributed by atoms with Gasteiger partial charge in [-0.25, -0.2) is 4.98 Å². The molecule has 0 aromatic carbocycles. The van der Waals surface area contributed by atoms with Crippen LogP contribution < -0.4 is 5.32 Å². The van der Waals surface area contributed by atoms with Crippen LogP contribution in [0, 0.1) is 5.92 Å². The molecule has 28 heavy (non-hydrogen) atoms. The van der Waals surface area contributed by atoms with Crippen LogP contribution in [0.2, 0.25) is 5.02 Å². The van der Waals surface area contributed by atoms with Gasteiger partial charge in [0.25, 0.3) is 5.91 Å². The first-order chi connectivity index (χ1) is 13.6. The monoisotopic (exact) mass is 404 g/mol. The maximum absolute atomic E-state index is 12.6. The third-order valence-corrected chi connectivity index (χ3v) is 6.56. The van der Waals surface area contributed by atoms with Crippen molar-refractivity contribution in [1.29, 1.82) is 0 Å². The number of nitrogens with one attached hydrogen (secondary N) is 1. The molecule has 0 radical (unpaired) electrons. The average Bonchev–Trinajstić information content (AvgIpc) is 3.41. The molecule has 2 amide bonds. The number of nitrogens with zero attached hydrogens (tertiary/aromatic N) is 3. The third-order valence-electron chi connectivity index (χ3n) is 6.28. The summed E-state index contributed by atoms with van der Waals surface area (Å²) in [6, 6.07) is 1.86. The quantitative estimate of drug-likeness (QED) is 0.833. The van der Waals surface area contributed by atoms with E-state index < -0.39 is 0 Å². The molecule has 1 aromatic heterocycles. The molecule has 1 saturated carbocycles. The Hall–Kier alpha value is -1.82. The van der Waals surface area contributed by atoms with Crippen molar-refractivity contribution in [1.82, 2.24) is 14.8 Å². The van der Waals surface area contributed by atoms with Gasteiger partial charge in [-0.1, -0.05) is 24.4 Å². The topological polar surface area (TPSA) is 65.5 Å². The number of rotatable bonds is 4. The van der Waals surface area contributed by atoms with Gasteiger partial charge in [0.05, 0.1) is 10.6 Å². The maximum Gasteiger partial charge on any atom is 0.255 e. The second-order valence-electron chi connectivity index (χ2n) is 8.30. The van der Waals surface area contributed by atoms with Gasteiger partial charge >= 0.3 is 0 Å². The van der Waals surface area contributed by atoms with Crippen LogP contribution in [0.3, 0.4) is 0 Å². The molecule has 152 valence electrons. The van der Waals surface area contributed by atoms with Crippen LogP contribution in [0.4, 0.5) is 5.82 Å². The predicted molar refractivity (Wildman–Crippen MR) is 110 cm³/mol. The molecular weight excluding hydrogens is 376 g/mol. The van der Waals surface area contributed by atoms with Gasteiger partial charge in [-0.3, -0.25) is 9.59 Å². The molecule has 3 aliphatic rings. The van der Waals surface area contributed by atoms with Gasteiger partial charge in [-0.2, -0.15) is 0 Å². The normalized spacial score (nSPS) is 23.2. The van der Waals surface area contributed by atoms with E-state index in [1.165, 1.54) is 19.3 Å². The van der Waals surface area contributed by atoms with E-state index in [2.05, 4.69) is 10.3 Å². The van der Waals surface area contributed by atoms with E-state index in [0.29, 0.717) is 28.9 Å². The number of aromatic nitrogens is 1. The fraction of sp³-hybridized carbons (Fsp3) is 0.667. The summed E-state index contributed by atoms with van der Waals surface area (Å²) < 4.78 is 0. The van der Waals surface area contributed by atoms with Crippen LogP contribution in [0.1, 0.15) is 61.7 Å². The zero-order valence-electron chi connectivity index (χ0n) is 16.3. The molecule has 1 unspecified atom stereocenters. The van der Waals surface area contributed by atoms with Crippen molar-refractivity contribution in [3.8, 4) is 0 Å². The summed E-state index contributed by atoms with van der Waals surface area (Å²) in [5.41, 5.74) is 0.543. The van der Waals surface area contributed by atoms with E-state index >= 15 is 0 Å². The van der Waals surface area contributed by atoms with E-state index in [4.69, 9.17) is 11.6 Å². The minimum Gasteiger partial charge on any atom is -0.364 e. The molecule has 7 heteroatoms. The van der Waals surface area contributed by atoms with Crippen molar-refractivity contribution in [2.75, 3.05) is 31.5 Å². The summed E-state index contributed by atoms with van der Waals surface area (Å²) >= 11 is 6.42. The fourth-order valence-corrected chi connectivity index (χ4v) is 4.86. The van der Waals surface area contributed by atoms with Crippen molar-refractivity contribution < 1.29 is 9.59 Å². The van der Waals surface area contributed by atoms with E-state index in [1.807, 2.05) is 9.80 Å². The van der Waals surface area contributed by atoms with E-state index in [-0.39, 0.29) is 17.9 Å². The SMILES string of the molecule is O=C(c1cnc(NC2CCN(C(=O)C3CCCC3)C2)c(Cl)c1)N1CCCCC1. The first kappa shape index (κ1) is 19.5. The fourth-order valence-electron chi connectivity index (χ4n) is 4.64. The highest BCUT2D eigenvalue weighted by atomic mass is 35.5. The van der Waals surface area contributed by atoms with Gasteiger partial charge in [0, 0.05) is 44.3 Å². The maximum atomic E-state index is 12.6. The molecule has 1 N–H and O–H groups in total. The summed E-state index contributed by atoms with van der Waals surface area (Å²) in [5, 5.41) is 3.83. The van der Waals surface area contributed by atoms with Crippen LogP contribution in [-0.2, 0) is 4.79 Å². The second-order valence-corrected chi connectivity index (χ2v) is 8.71. The number of amides is 2. The lowest BCUT2D eigenvalue weighted by molar-refractivity contribution is -0.134. The van der Waals surface area contributed by atoms with Crippen molar-refractivity contribution >= 4 is 29.2 Å². The van der Waals surface area contributed by atoms with Gasteiger partial charge in [0.1, 0.15) is 5.82 Å². The molecule has 0 spiro atoms. The zero-order valence-corrected chi connectivity index (χ0v) is 17.1. The largest absolute Gasteiger partial charge is 0.364 e. The molecule has 4 rings (SSSR count). The number of carbonyl (C=O) groups excluding carboxylic acids is 2. The predicted octanol–water partition coefficient (Wildman–Crippen LogP) is 3.56. The van der Waals surface area contributed by atoms with Crippen LogP contribution in [0.25, 0.3) is 0 Å². The Labute approximate surface area is 171 Å². The van der Waals surface area contributed by atoms with E-state index in [9.17, 15) is 9.59 Å². The summed E-state index contributed by atoms with van der Waals surface area (Å²) in [5.74, 6) is 1.13. The number of carbonyl (C=O) groups is 2. The van der Waals surface area contributed by atoms with Crippen molar-refractivity contribution in [2.45, 2.75) is 57.4 Å². The summed E-state index contributed by atoms with van der Waals surface area (Å²) in [6.07, 6.45) is 10.2. The summed E-state index contributed by atoms with van der Waals surface area (Å²) in [6.45, 7) is 3.10. The number of halogens is 1. The van der Waals surface area contributed by atoms with Crippen LogP contribution in [0.5, 0.6) is 0 Å². The molecular formula is C21H29ClN4O2. The summed E-state index contributed by atoms with van der Waals surface area (Å²) in [4.78, 5) is 33.5. The molecule has 3 heterocycles. The molecule has 1 aliphatic carbocycles. The Morgan fingerprint density at radius 1 is 1.00 bits per heavy atom. The minimum absolute atomic E-state index is 0.00912. The summed E-state index contributed by atoms with van der Waals surface area (Å²) in [7, 11) is 0. The number of hydrogen-bond donors (Lipinski definition) is 1. The van der Waals surface area contributed by atoms with Crippen molar-refractivity contribution in [3.05, 3.63) is 22.8 Å². The van der Waals surface area contributed by atoms with Gasteiger partial charge in [-0.15, -0.1) is 0 Å². The second kappa shape index (κ2) is 8.68. The molecule has 6 nitrogen and oxygen atoms in total. The molecule has 1 aromatic rings. The molecule has 3 fully saturated rings. The highest BCUT2D eigenvalue weighted by Gasteiger charge is 2.32. The van der Waals surface area contributed by atoms with Crippen molar-refractivity contribution in [2.24, 2.45) is 5.92 Å². The smallest absolute Gasteiger partial charge is 0.255 e. The average molecular weight is 405 g/mol. The van der Waals surface area contributed by atoms with Gasteiger partial charge in [0.15, 0.2) is 0 Å². The Kier molecular flexibility index (Phi) is 6.04. The molecule has 0 bridgehead atoms. The van der Waals surface area contributed by atoms with Gasteiger partial charge < -0.3 is 15.1 Å². The highest BCUT2D eigenvalue weighted by molar-refractivity contribution is 6.33. The van der Waals surface area contributed by atoms with Crippen LogP contribution >= 0.6 is 11.6 Å². The Bertz CT molecular complexity index is 729. The number of pyridine rings is 1. The zero-order chi connectivity index (χ0) is 19.5. The Morgan fingerprint density at radius 2 is 1.75 bits per heavy atom. The number of hydrogen-bond acceptors (Lipinski definition) is 4. The highest BCUT2D eigenvalue weighted by Crippen LogP contribution is 2.29.